The molecule has 0 saturated carbocycles. The van der Waals surface area contributed by atoms with E-state index in [0.717, 1.165) is 22.9 Å². The van der Waals surface area contributed by atoms with Crippen molar-refractivity contribution in [2.45, 2.75) is 6.42 Å². The Bertz CT molecular complexity index is 758. The SMILES string of the molecule is NC(=NCCc1cccc2cccnc12)c1ccccc1. The summed E-state index contributed by atoms with van der Waals surface area (Å²) in [6.45, 7) is 0.663. The fourth-order valence-corrected chi connectivity index (χ4v) is 2.37. The van der Waals surface area contributed by atoms with E-state index < -0.39 is 0 Å². The Morgan fingerprint density at radius 2 is 1.76 bits per heavy atom. The second-order valence-electron chi connectivity index (χ2n) is 4.88. The van der Waals surface area contributed by atoms with Gasteiger partial charge in [0.2, 0.25) is 0 Å². The third kappa shape index (κ3) is 3.08. The van der Waals surface area contributed by atoms with Gasteiger partial charge in [0.25, 0.3) is 0 Å². The van der Waals surface area contributed by atoms with Gasteiger partial charge >= 0.3 is 0 Å². The maximum absolute atomic E-state index is 6.01. The van der Waals surface area contributed by atoms with Crippen molar-refractivity contribution in [1.82, 2.24) is 4.98 Å². The number of nitrogens with zero attached hydrogens (tertiary/aromatic N) is 2. The van der Waals surface area contributed by atoms with Crippen LogP contribution in [0.1, 0.15) is 11.1 Å². The zero-order valence-corrected chi connectivity index (χ0v) is 11.7. The Morgan fingerprint density at radius 3 is 2.62 bits per heavy atom. The number of amidine groups is 1. The van der Waals surface area contributed by atoms with Gasteiger partial charge in [0, 0.05) is 23.7 Å². The molecule has 0 fully saturated rings. The van der Waals surface area contributed by atoms with E-state index in [0.29, 0.717) is 12.4 Å². The molecule has 1 aromatic heterocycles. The average molecular weight is 275 g/mol. The lowest BCUT2D eigenvalue weighted by molar-refractivity contribution is 0.970. The largest absolute Gasteiger partial charge is 0.384 e. The first-order valence-electron chi connectivity index (χ1n) is 7.02. The van der Waals surface area contributed by atoms with Gasteiger partial charge in [-0.3, -0.25) is 9.98 Å². The van der Waals surface area contributed by atoms with E-state index in [2.05, 4.69) is 34.2 Å². The van der Waals surface area contributed by atoms with E-state index >= 15 is 0 Å². The summed E-state index contributed by atoms with van der Waals surface area (Å²) >= 11 is 0. The number of pyridine rings is 1. The minimum atomic E-state index is 0.587. The van der Waals surface area contributed by atoms with E-state index in [9.17, 15) is 0 Å². The van der Waals surface area contributed by atoms with Crippen LogP contribution in [0.4, 0.5) is 0 Å². The van der Waals surface area contributed by atoms with E-state index in [1.54, 1.807) is 0 Å². The van der Waals surface area contributed by atoms with Crippen molar-refractivity contribution in [1.29, 1.82) is 0 Å². The van der Waals surface area contributed by atoms with Crippen LogP contribution < -0.4 is 5.73 Å². The highest BCUT2D eigenvalue weighted by Crippen LogP contribution is 2.16. The van der Waals surface area contributed by atoms with Crippen LogP contribution in [-0.2, 0) is 6.42 Å². The van der Waals surface area contributed by atoms with Crippen molar-refractivity contribution < 1.29 is 0 Å². The minimum absolute atomic E-state index is 0.587. The number of hydrogen-bond acceptors (Lipinski definition) is 2. The van der Waals surface area contributed by atoms with Crippen LogP contribution in [-0.4, -0.2) is 17.4 Å². The summed E-state index contributed by atoms with van der Waals surface area (Å²) in [6, 6.07) is 20.1. The lowest BCUT2D eigenvalue weighted by atomic mass is 10.1. The van der Waals surface area contributed by atoms with Crippen LogP contribution in [0.5, 0.6) is 0 Å². The van der Waals surface area contributed by atoms with Crippen molar-refractivity contribution >= 4 is 16.7 Å². The van der Waals surface area contributed by atoms with E-state index in [1.165, 1.54) is 5.56 Å². The molecule has 3 nitrogen and oxygen atoms in total. The Balaban J connectivity index is 1.75. The van der Waals surface area contributed by atoms with E-state index in [4.69, 9.17) is 5.73 Å². The van der Waals surface area contributed by atoms with Crippen molar-refractivity contribution in [3.63, 3.8) is 0 Å². The molecule has 104 valence electrons. The molecule has 0 atom stereocenters. The predicted molar refractivity (Wildman–Crippen MR) is 87.5 cm³/mol. The lowest BCUT2D eigenvalue weighted by Gasteiger charge is -2.04. The molecule has 2 aromatic carbocycles. The van der Waals surface area contributed by atoms with Crippen LogP contribution >= 0.6 is 0 Å². The number of para-hydroxylation sites is 1. The van der Waals surface area contributed by atoms with Crippen LogP contribution in [0.2, 0.25) is 0 Å². The topological polar surface area (TPSA) is 51.3 Å². The number of benzene rings is 2. The maximum Gasteiger partial charge on any atom is 0.125 e. The summed E-state index contributed by atoms with van der Waals surface area (Å²) < 4.78 is 0. The smallest absolute Gasteiger partial charge is 0.125 e. The van der Waals surface area contributed by atoms with Crippen LogP contribution in [0, 0.1) is 0 Å². The number of nitrogens with two attached hydrogens (primary N) is 1. The predicted octanol–water partition coefficient (Wildman–Crippen LogP) is 3.18. The van der Waals surface area contributed by atoms with Gasteiger partial charge in [-0.25, -0.2) is 0 Å². The van der Waals surface area contributed by atoms with Gasteiger partial charge in [-0.2, -0.15) is 0 Å². The molecule has 0 saturated heterocycles. The Labute approximate surface area is 124 Å². The highest BCUT2D eigenvalue weighted by molar-refractivity contribution is 5.97. The van der Waals surface area contributed by atoms with Crippen molar-refractivity contribution in [3.05, 3.63) is 78.0 Å². The van der Waals surface area contributed by atoms with Gasteiger partial charge in [0.1, 0.15) is 5.84 Å². The molecule has 0 spiro atoms. The second-order valence-corrected chi connectivity index (χ2v) is 4.88. The van der Waals surface area contributed by atoms with E-state index in [-0.39, 0.29) is 0 Å². The van der Waals surface area contributed by atoms with Gasteiger partial charge in [-0.1, -0.05) is 54.6 Å². The molecule has 3 rings (SSSR count). The lowest BCUT2D eigenvalue weighted by Crippen LogP contribution is -2.14. The highest BCUT2D eigenvalue weighted by atomic mass is 14.8. The van der Waals surface area contributed by atoms with Crippen LogP contribution in [0.25, 0.3) is 10.9 Å². The summed E-state index contributed by atoms with van der Waals surface area (Å²) in [7, 11) is 0. The highest BCUT2D eigenvalue weighted by Gasteiger charge is 2.01. The summed E-state index contributed by atoms with van der Waals surface area (Å²) in [4.78, 5) is 8.92. The molecule has 0 unspecified atom stereocenters. The number of rotatable bonds is 4. The monoisotopic (exact) mass is 275 g/mol. The minimum Gasteiger partial charge on any atom is -0.384 e. The molecule has 0 aliphatic rings. The number of aliphatic imine (C=N–C) groups is 1. The molecule has 0 bridgehead atoms. The van der Waals surface area contributed by atoms with Crippen molar-refractivity contribution in [3.8, 4) is 0 Å². The van der Waals surface area contributed by atoms with Crippen LogP contribution in [0.15, 0.2) is 71.9 Å². The summed E-state index contributed by atoms with van der Waals surface area (Å²) in [5, 5.41) is 1.16. The molecule has 1 heterocycles. The number of hydrogen-bond donors (Lipinski definition) is 1. The fraction of sp³-hybridized carbons (Fsp3) is 0.111. The molecule has 2 N–H and O–H groups in total. The number of aromatic nitrogens is 1. The fourth-order valence-electron chi connectivity index (χ4n) is 2.37. The molecular weight excluding hydrogens is 258 g/mol. The Morgan fingerprint density at radius 1 is 0.952 bits per heavy atom. The van der Waals surface area contributed by atoms with Crippen LogP contribution in [0.3, 0.4) is 0 Å². The standard InChI is InChI=1S/C18H17N3/c19-18(16-6-2-1-3-7-16)21-13-11-15-9-4-8-14-10-5-12-20-17(14)15/h1-10,12H,11,13H2,(H2,19,21). The molecule has 21 heavy (non-hydrogen) atoms. The first kappa shape index (κ1) is 13.3. The Hall–Kier alpha value is -2.68. The third-order valence-corrected chi connectivity index (χ3v) is 3.45. The molecule has 3 heteroatoms. The first-order chi connectivity index (χ1) is 10.3. The zero-order chi connectivity index (χ0) is 14.5. The summed E-state index contributed by atoms with van der Waals surface area (Å²) in [5.74, 6) is 0.587. The van der Waals surface area contributed by atoms with Gasteiger partial charge in [-0.15, -0.1) is 0 Å². The number of fused-ring (bicyclic) bond motifs is 1. The molecule has 0 radical (unpaired) electrons. The summed E-state index contributed by atoms with van der Waals surface area (Å²) in [5.41, 5.74) is 9.23. The zero-order valence-electron chi connectivity index (χ0n) is 11.7. The van der Waals surface area contributed by atoms with Gasteiger partial charge in [-0.05, 0) is 18.1 Å². The van der Waals surface area contributed by atoms with Gasteiger partial charge in [0.05, 0.1) is 5.52 Å². The second kappa shape index (κ2) is 6.18. The molecule has 0 aliphatic heterocycles. The first-order valence-corrected chi connectivity index (χ1v) is 7.02. The summed E-state index contributed by atoms with van der Waals surface area (Å²) in [6.07, 6.45) is 2.66. The van der Waals surface area contributed by atoms with Gasteiger partial charge < -0.3 is 5.73 Å². The molecule has 3 aromatic rings. The maximum atomic E-state index is 6.01. The molecule has 0 amide bonds. The molecule has 0 aliphatic carbocycles. The Kier molecular flexibility index (Phi) is 3.92. The van der Waals surface area contributed by atoms with Crippen molar-refractivity contribution in [2.75, 3.05) is 6.54 Å². The quantitative estimate of drug-likeness (QED) is 0.587. The average Bonchev–Trinajstić information content (AvgIpc) is 2.56. The van der Waals surface area contributed by atoms with E-state index in [1.807, 2.05) is 42.6 Å². The van der Waals surface area contributed by atoms with Gasteiger partial charge in [0.15, 0.2) is 0 Å². The third-order valence-electron chi connectivity index (χ3n) is 3.45. The normalized spacial score (nSPS) is 11.7. The molecular formula is C18H17N3. The van der Waals surface area contributed by atoms with Crippen molar-refractivity contribution in [2.24, 2.45) is 10.7 Å².